The molecule has 0 fully saturated rings. The second kappa shape index (κ2) is 45.3. The van der Waals surface area contributed by atoms with Crippen LogP contribution in [0.1, 0.15) is 193 Å². The average Bonchev–Trinajstić information content (AvgIpc) is 3.30. The molecule has 0 aromatic carbocycles. The van der Waals surface area contributed by atoms with Crippen LogP contribution in [0.2, 0.25) is 0 Å². The van der Waals surface area contributed by atoms with Gasteiger partial charge in [0.05, 0.1) is 39.6 Å². The molecule has 0 aromatic rings. The van der Waals surface area contributed by atoms with Gasteiger partial charge in [0.2, 0.25) is 21.5 Å². The zero-order chi connectivity index (χ0) is 52.9. The van der Waals surface area contributed by atoms with Crippen molar-refractivity contribution >= 4 is 82.1 Å². The summed E-state index contributed by atoms with van der Waals surface area (Å²) in [5.41, 5.74) is -1.23. The maximum absolute atomic E-state index is 13.6. The van der Waals surface area contributed by atoms with Gasteiger partial charge in [0.1, 0.15) is 23.7 Å². The van der Waals surface area contributed by atoms with Crippen molar-refractivity contribution in [2.75, 3.05) is 65.9 Å². The minimum absolute atomic E-state index is 0.0370. The minimum Gasteiger partial charge on any atom is -0.481 e. The van der Waals surface area contributed by atoms with E-state index in [0.29, 0.717) is 58.2 Å². The number of carboxylic acids is 2. The van der Waals surface area contributed by atoms with Gasteiger partial charge in [-0.1, -0.05) is 118 Å². The predicted octanol–water partition coefficient (Wildman–Crippen LogP) is 8.86. The minimum atomic E-state index is -1.70. The third-order valence-electron chi connectivity index (χ3n) is 11.2. The highest BCUT2D eigenvalue weighted by molar-refractivity contribution is 6.67. The lowest BCUT2D eigenvalue weighted by Crippen LogP contribution is -2.58. The van der Waals surface area contributed by atoms with Crippen molar-refractivity contribution < 1.29 is 67.5 Å². The normalized spacial score (nSPS) is 11.5. The molecular weight excluding hydrogens is 987 g/mol. The number of halogens is 3. The van der Waals surface area contributed by atoms with Crippen molar-refractivity contribution in [1.29, 1.82) is 0 Å². The van der Waals surface area contributed by atoms with Crippen LogP contribution in [-0.2, 0) is 52.5 Å². The number of ketones is 2. The van der Waals surface area contributed by atoms with Crippen molar-refractivity contribution in [3.63, 3.8) is 0 Å². The molecule has 71 heavy (non-hydrogen) atoms. The topological polar surface area (TPSA) is 262 Å². The molecule has 0 radical (unpaired) electrons. The highest BCUT2D eigenvalue weighted by Gasteiger charge is 2.34. The average molecular weight is 1070 g/mol. The molecule has 0 aromatic heterocycles. The number of alkyl carbamates (subject to hydrolysis) is 1. The number of carbonyl (C=O) groups is 8. The maximum atomic E-state index is 13.6. The first kappa shape index (κ1) is 67.7. The molecule has 0 saturated heterocycles. The quantitative estimate of drug-likeness (QED) is 0.0246. The summed E-state index contributed by atoms with van der Waals surface area (Å²) < 4.78 is 21.3. The monoisotopic (exact) mass is 1070 g/mol. The van der Waals surface area contributed by atoms with Gasteiger partial charge in [0.25, 0.3) is 0 Å². The molecule has 0 rings (SSSR count). The lowest BCUT2D eigenvalue weighted by molar-refractivity contribution is -0.138. The number of rotatable bonds is 50. The van der Waals surface area contributed by atoms with Crippen LogP contribution >= 0.6 is 34.8 Å². The van der Waals surface area contributed by atoms with Crippen molar-refractivity contribution in [3.05, 3.63) is 0 Å². The second-order valence-corrected chi connectivity index (χ2v) is 20.8. The Hall–Kier alpha value is -3.29. The van der Waals surface area contributed by atoms with E-state index in [9.17, 15) is 38.4 Å². The van der Waals surface area contributed by atoms with E-state index in [4.69, 9.17) is 64.0 Å². The molecule has 0 aliphatic carbocycles. The number of unbranched alkanes of at least 4 members (excludes halogenated alkanes) is 17. The zero-order valence-corrected chi connectivity index (χ0v) is 44.8. The highest BCUT2D eigenvalue weighted by Crippen LogP contribution is 2.26. The van der Waals surface area contributed by atoms with Crippen molar-refractivity contribution in [3.8, 4) is 0 Å². The van der Waals surface area contributed by atoms with Crippen LogP contribution in [-0.4, -0.2) is 133 Å². The fourth-order valence-electron chi connectivity index (χ4n) is 7.26. The first-order valence-corrected chi connectivity index (χ1v) is 27.1. The summed E-state index contributed by atoms with van der Waals surface area (Å²) in [4.78, 5) is 96.1. The van der Waals surface area contributed by atoms with Crippen LogP contribution in [0.3, 0.4) is 0 Å². The molecule has 6 N–H and O–H groups in total. The number of aliphatic carboxylic acids is 2. The molecule has 18 nitrogen and oxygen atoms in total. The van der Waals surface area contributed by atoms with Crippen LogP contribution in [0, 0.1) is 0 Å². The van der Waals surface area contributed by atoms with Gasteiger partial charge in [0.15, 0.2) is 0 Å². The van der Waals surface area contributed by atoms with E-state index in [0.717, 1.165) is 109 Å². The molecule has 412 valence electrons. The smallest absolute Gasteiger partial charge is 0.407 e. The first-order valence-electron chi connectivity index (χ1n) is 25.9. The molecule has 4 amide bonds. The standard InChI is InChI=1S/C50H87Cl3N4O14/c1-41(58)23-15-7-2-3-8-16-24-42(59)28-34-68-37-49(38-69-35-29-43(60)54-31-20-12-5-10-18-26-46(63)64,39-70-36-30-44(61)55-32-21-13-6-11-19-27-47(65)66)57-45(62)25-17-9-4-14-22-33-56-48(67)71-40-50(51,52)53/h2-40H2,1H3,(H,54,60)(H,55,61)(H,56,67)(H,57,62)(H,63,64)(H,65,66). The Morgan fingerprint density at radius 3 is 1.20 bits per heavy atom. The lowest BCUT2D eigenvalue weighted by atomic mass is 10.0. The van der Waals surface area contributed by atoms with Gasteiger partial charge < -0.3 is 55.2 Å². The van der Waals surface area contributed by atoms with Crippen molar-refractivity contribution in [1.82, 2.24) is 21.3 Å². The number of carbonyl (C=O) groups excluding carboxylic acids is 6. The predicted molar refractivity (Wildman–Crippen MR) is 274 cm³/mol. The Bertz CT molecular complexity index is 1370. The molecular formula is C50H87Cl3N4O14. The summed E-state index contributed by atoms with van der Waals surface area (Å²) in [5, 5.41) is 29.0. The number of ether oxygens (including phenoxy) is 4. The SMILES string of the molecule is CC(=O)CCCCCCCCC(=O)CCOCC(COCCC(=O)NCCCCCCCC(=O)O)(COCCC(=O)NCCCCCCCC(=O)O)NC(=O)CCCCCCCNC(=O)OCC(Cl)(Cl)Cl. The summed E-state index contributed by atoms with van der Waals surface area (Å²) in [7, 11) is 0. The molecule has 0 saturated carbocycles. The number of Topliss-reactive ketones (excluding diaryl/α,β-unsaturated/α-hetero) is 2. The molecule has 0 heterocycles. The summed E-state index contributed by atoms with van der Waals surface area (Å²) in [6.07, 6.45) is 18.2. The van der Waals surface area contributed by atoms with E-state index in [1.54, 1.807) is 6.92 Å². The summed E-state index contributed by atoms with van der Waals surface area (Å²) in [6.45, 7) is 2.49. The summed E-state index contributed by atoms with van der Waals surface area (Å²) in [5.74, 6) is -2.04. The van der Waals surface area contributed by atoms with Gasteiger partial charge in [-0.3, -0.25) is 28.8 Å². The Labute approximate surface area is 437 Å². The molecule has 0 unspecified atom stereocenters. The van der Waals surface area contributed by atoms with Crippen LogP contribution in [0.5, 0.6) is 0 Å². The van der Waals surface area contributed by atoms with Crippen LogP contribution < -0.4 is 21.3 Å². The maximum Gasteiger partial charge on any atom is 0.407 e. The Morgan fingerprint density at radius 2 is 0.775 bits per heavy atom. The van der Waals surface area contributed by atoms with E-state index in [-0.39, 0.29) is 114 Å². The first-order chi connectivity index (χ1) is 33.9. The van der Waals surface area contributed by atoms with Crippen LogP contribution in [0.15, 0.2) is 0 Å². The van der Waals surface area contributed by atoms with E-state index in [1.165, 1.54) is 0 Å². The fraction of sp³-hybridized carbons (Fsp3) is 0.840. The molecule has 0 bridgehead atoms. The molecule has 0 spiro atoms. The van der Waals surface area contributed by atoms with Gasteiger partial charge in [-0.15, -0.1) is 0 Å². The van der Waals surface area contributed by atoms with Gasteiger partial charge in [-0.05, 0) is 58.3 Å². The van der Waals surface area contributed by atoms with Gasteiger partial charge in [-0.2, -0.15) is 0 Å². The van der Waals surface area contributed by atoms with E-state index >= 15 is 0 Å². The van der Waals surface area contributed by atoms with Gasteiger partial charge in [-0.25, -0.2) is 4.79 Å². The van der Waals surface area contributed by atoms with E-state index in [2.05, 4.69) is 21.3 Å². The third kappa shape index (κ3) is 48.7. The molecule has 0 aliphatic heterocycles. The number of nitrogens with one attached hydrogen (secondary N) is 4. The van der Waals surface area contributed by atoms with E-state index in [1.807, 2.05) is 0 Å². The van der Waals surface area contributed by atoms with E-state index < -0.39 is 27.4 Å². The molecule has 0 atom stereocenters. The van der Waals surface area contributed by atoms with Crippen LogP contribution in [0.25, 0.3) is 0 Å². The van der Waals surface area contributed by atoms with Crippen molar-refractivity contribution in [2.45, 2.75) is 202 Å². The number of hydrogen-bond acceptors (Lipinski definition) is 12. The Kier molecular flexibility index (Phi) is 43.2. The Morgan fingerprint density at radius 1 is 0.408 bits per heavy atom. The third-order valence-corrected chi connectivity index (χ3v) is 11.6. The van der Waals surface area contributed by atoms with Gasteiger partial charge in [0, 0.05) is 71.0 Å². The second-order valence-electron chi connectivity index (χ2n) is 18.3. The van der Waals surface area contributed by atoms with Gasteiger partial charge >= 0.3 is 18.0 Å². The number of hydrogen-bond donors (Lipinski definition) is 6. The fourth-order valence-corrected chi connectivity index (χ4v) is 7.43. The summed E-state index contributed by atoms with van der Waals surface area (Å²) >= 11 is 16.8. The van der Waals surface area contributed by atoms with Crippen LogP contribution in [0.4, 0.5) is 4.79 Å². The zero-order valence-electron chi connectivity index (χ0n) is 42.5. The Balaban J connectivity index is 5.49. The number of alkyl halides is 3. The number of carboxylic acid groups (broad SMARTS) is 2. The molecule has 21 heteroatoms. The summed E-state index contributed by atoms with van der Waals surface area (Å²) in [6, 6.07) is 0. The molecule has 0 aliphatic rings. The largest absolute Gasteiger partial charge is 0.481 e. The van der Waals surface area contributed by atoms with Crippen molar-refractivity contribution in [2.24, 2.45) is 0 Å². The number of amides is 4. The highest BCUT2D eigenvalue weighted by atomic mass is 35.6. The lowest BCUT2D eigenvalue weighted by Gasteiger charge is -2.34.